The van der Waals surface area contributed by atoms with Crippen molar-refractivity contribution in [3.63, 3.8) is 0 Å². The molecule has 180 valence electrons. The highest BCUT2D eigenvalue weighted by molar-refractivity contribution is 7.90. The van der Waals surface area contributed by atoms with E-state index in [2.05, 4.69) is 20.4 Å². The van der Waals surface area contributed by atoms with Gasteiger partial charge < -0.3 is 19.3 Å². The normalized spacial score (nSPS) is 16.4. The lowest BCUT2D eigenvalue weighted by Crippen LogP contribution is -2.44. The highest BCUT2D eigenvalue weighted by atomic mass is 32.2. The van der Waals surface area contributed by atoms with Gasteiger partial charge in [-0.3, -0.25) is 5.32 Å². The van der Waals surface area contributed by atoms with Crippen LogP contribution < -0.4 is 10.2 Å². The lowest BCUT2D eigenvalue weighted by Gasteiger charge is -2.34. The molecule has 0 bridgehead atoms. The average molecular weight is 488 g/mol. The van der Waals surface area contributed by atoms with Crippen molar-refractivity contribution < 1.29 is 27.6 Å². The van der Waals surface area contributed by atoms with Gasteiger partial charge in [-0.15, -0.1) is 0 Å². The van der Waals surface area contributed by atoms with Crippen molar-refractivity contribution >= 4 is 27.4 Å². The first-order valence-electron chi connectivity index (χ1n) is 10.6. The van der Waals surface area contributed by atoms with Gasteiger partial charge in [-0.25, -0.2) is 23.2 Å². The van der Waals surface area contributed by atoms with E-state index in [1.54, 1.807) is 44.2 Å². The Hall–Kier alpha value is -3.51. The number of carboxylic acid groups (broad SMARTS) is 1. The fraction of sp³-hybridized carbons (Fsp3) is 0.364. The van der Waals surface area contributed by atoms with Crippen LogP contribution in [0.4, 0.5) is 16.3 Å². The number of benzene rings is 1. The number of ether oxygens (including phenoxy) is 1. The maximum atomic E-state index is 13.2. The van der Waals surface area contributed by atoms with Crippen molar-refractivity contribution in [3.8, 4) is 11.4 Å². The summed E-state index contributed by atoms with van der Waals surface area (Å²) in [5.41, 5.74) is 1.65. The van der Waals surface area contributed by atoms with E-state index in [0.29, 0.717) is 54.0 Å². The average Bonchev–Trinajstić information content (AvgIpc) is 3.12. The number of nitrogens with one attached hydrogen (secondary N) is 1. The molecular formula is C22H25N5O6S. The Kier molecular flexibility index (Phi) is 6.53. The van der Waals surface area contributed by atoms with Crippen molar-refractivity contribution in [1.82, 2.24) is 15.1 Å². The molecule has 0 spiro atoms. The van der Waals surface area contributed by atoms with Gasteiger partial charge in [-0.2, -0.15) is 0 Å². The van der Waals surface area contributed by atoms with E-state index in [1.165, 1.54) is 0 Å². The first-order valence-corrected chi connectivity index (χ1v) is 12.3. The second-order valence-corrected chi connectivity index (χ2v) is 10.0. The molecule has 0 aliphatic carbocycles. The first kappa shape index (κ1) is 23.6. The van der Waals surface area contributed by atoms with Crippen LogP contribution in [0, 0.1) is 13.8 Å². The quantitative estimate of drug-likeness (QED) is 0.531. The fourth-order valence-corrected chi connectivity index (χ4v) is 5.56. The third kappa shape index (κ3) is 5.02. The monoisotopic (exact) mass is 487 g/mol. The Morgan fingerprint density at radius 2 is 1.97 bits per heavy atom. The molecule has 1 aliphatic heterocycles. The fourth-order valence-electron chi connectivity index (χ4n) is 3.91. The molecule has 0 saturated carbocycles. The Morgan fingerprint density at radius 3 is 2.59 bits per heavy atom. The van der Waals surface area contributed by atoms with Gasteiger partial charge in [0.05, 0.1) is 36.4 Å². The molecule has 1 aliphatic rings. The minimum Gasteiger partial charge on any atom is -0.465 e. The zero-order chi connectivity index (χ0) is 24.5. The smallest absolute Gasteiger partial charge is 0.409 e. The van der Waals surface area contributed by atoms with Gasteiger partial charge in [-0.05, 0) is 45.0 Å². The Bertz CT molecular complexity index is 1290. The van der Waals surface area contributed by atoms with Gasteiger partial charge in [-0.1, -0.05) is 5.16 Å². The summed E-state index contributed by atoms with van der Waals surface area (Å²) in [6, 6.07) is 8.28. The predicted molar refractivity (Wildman–Crippen MR) is 124 cm³/mol. The lowest BCUT2D eigenvalue weighted by molar-refractivity contribution is 0.0985. The summed E-state index contributed by atoms with van der Waals surface area (Å²) in [4.78, 5) is 22.2. The maximum absolute atomic E-state index is 13.2. The summed E-state index contributed by atoms with van der Waals surface area (Å²) in [7, 11) is -3.78. The number of anilines is 2. The molecule has 0 radical (unpaired) electrons. The van der Waals surface area contributed by atoms with Gasteiger partial charge in [0.2, 0.25) is 0 Å². The summed E-state index contributed by atoms with van der Waals surface area (Å²) >= 11 is 0. The molecule has 1 amide bonds. The summed E-state index contributed by atoms with van der Waals surface area (Å²) in [6.45, 7) is 6.82. The Balaban J connectivity index is 1.75. The molecule has 1 saturated heterocycles. The van der Waals surface area contributed by atoms with E-state index in [0.717, 1.165) is 0 Å². The number of sulfone groups is 1. The van der Waals surface area contributed by atoms with E-state index in [1.807, 2.05) is 6.92 Å². The van der Waals surface area contributed by atoms with Gasteiger partial charge in [0, 0.05) is 23.9 Å². The SMILES string of the molecule is Cc1noc(C)c1S(=O)(=O)Cc1cc(N2CCOC[C@@H]2C)nc(-c2ccc(NC(=O)O)cc2)n1. The molecule has 2 aromatic heterocycles. The molecular weight excluding hydrogens is 462 g/mol. The predicted octanol–water partition coefficient (Wildman–Crippen LogP) is 3.04. The number of rotatable bonds is 6. The molecule has 3 heterocycles. The summed E-state index contributed by atoms with van der Waals surface area (Å²) in [6.07, 6.45) is -1.17. The third-order valence-corrected chi connectivity index (χ3v) is 7.32. The van der Waals surface area contributed by atoms with Gasteiger partial charge >= 0.3 is 6.09 Å². The second kappa shape index (κ2) is 9.39. The lowest BCUT2D eigenvalue weighted by atomic mass is 10.2. The van der Waals surface area contributed by atoms with Crippen molar-refractivity contribution in [2.45, 2.75) is 37.5 Å². The highest BCUT2D eigenvalue weighted by Crippen LogP contribution is 2.28. The number of morpholine rings is 1. The molecule has 4 rings (SSSR count). The standard InChI is InChI=1S/C22H25N5O6S/c1-13-11-32-9-8-27(13)19-10-18(12-34(30,31)20-14(2)26-33-15(20)3)23-21(25-19)16-4-6-17(7-5-16)24-22(28)29/h4-7,10,13,24H,8-9,11-12H2,1-3H3,(H,28,29)/t13-/m0/s1. The van der Waals surface area contributed by atoms with Crippen molar-refractivity contribution in [2.75, 3.05) is 30.0 Å². The molecule has 11 nitrogen and oxygen atoms in total. The van der Waals surface area contributed by atoms with E-state index in [4.69, 9.17) is 19.4 Å². The van der Waals surface area contributed by atoms with Crippen molar-refractivity contribution in [2.24, 2.45) is 0 Å². The maximum Gasteiger partial charge on any atom is 0.409 e. The van der Waals surface area contributed by atoms with Gasteiger partial charge in [0.25, 0.3) is 0 Å². The number of aryl methyl sites for hydroxylation is 2. The Labute approximate surface area is 196 Å². The molecule has 1 aromatic carbocycles. The zero-order valence-electron chi connectivity index (χ0n) is 19.0. The molecule has 1 atom stereocenters. The summed E-state index contributed by atoms with van der Waals surface area (Å²) in [5, 5.41) is 14.9. The van der Waals surface area contributed by atoms with Crippen LogP contribution in [0.3, 0.4) is 0 Å². The van der Waals surface area contributed by atoms with Gasteiger partial charge in [0.1, 0.15) is 10.7 Å². The van der Waals surface area contributed by atoms with Crippen LogP contribution in [-0.4, -0.2) is 60.5 Å². The van der Waals surface area contributed by atoms with Crippen LogP contribution in [0.25, 0.3) is 11.4 Å². The number of aromatic nitrogens is 3. The van der Waals surface area contributed by atoms with E-state index < -0.39 is 15.9 Å². The van der Waals surface area contributed by atoms with Gasteiger partial charge in [0.15, 0.2) is 21.4 Å². The van der Waals surface area contributed by atoms with Crippen LogP contribution in [0.5, 0.6) is 0 Å². The number of hydrogen-bond donors (Lipinski definition) is 2. The molecule has 1 fully saturated rings. The minimum atomic E-state index is -3.78. The zero-order valence-corrected chi connectivity index (χ0v) is 19.8. The molecule has 2 N–H and O–H groups in total. The molecule has 34 heavy (non-hydrogen) atoms. The minimum absolute atomic E-state index is 0.0469. The van der Waals surface area contributed by atoms with Crippen LogP contribution in [-0.2, 0) is 20.3 Å². The Morgan fingerprint density at radius 1 is 1.24 bits per heavy atom. The van der Waals surface area contributed by atoms with E-state index in [-0.39, 0.29) is 22.5 Å². The third-order valence-electron chi connectivity index (χ3n) is 5.44. The first-order chi connectivity index (χ1) is 16.1. The van der Waals surface area contributed by atoms with Crippen molar-refractivity contribution in [1.29, 1.82) is 0 Å². The number of hydrogen-bond acceptors (Lipinski definition) is 9. The van der Waals surface area contributed by atoms with Crippen LogP contribution in [0.15, 0.2) is 39.8 Å². The molecule has 3 aromatic rings. The number of nitrogens with zero attached hydrogens (tertiary/aromatic N) is 4. The topological polar surface area (TPSA) is 148 Å². The largest absolute Gasteiger partial charge is 0.465 e. The van der Waals surface area contributed by atoms with Crippen LogP contribution in [0.1, 0.15) is 24.1 Å². The van der Waals surface area contributed by atoms with E-state index >= 15 is 0 Å². The summed E-state index contributed by atoms with van der Waals surface area (Å²) in [5.74, 6) is 0.810. The highest BCUT2D eigenvalue weighted by Gasteiger charge is 2.27. The second-order valence-electron chi connectivity index (χ2n) is 8.08. The van der Waals surface area contributed by atoms with Crippen LogP contribution >= 0.6 is 0 Å². The number of carbonyl (C=O) groups is 1. The summed E-state index contributed by atoms with van der Waals surface area (Å²) < 4.78 is 37.0. The molecule has 0 unspecified atom stereocenters. The van der Waals surface area contributed by atoms with Crippen molar-refractivity contribution in [3.05, 3.63) is 47.5 Å². The molecule has 12 heteroatoms. The van der Waals surface area contributed by atoms with E-state index in [9.17, 15) is 13.2 Å². The van der Waals surface area contributed by atoms with Crippen LogP contribution in [0.2, 0.25) is 0 Å². The number of amides is 1.